The van der Waals surface area contributed by atoms with E-state index >= 15 is 0 Å². The third-order valence-electron chi connectivity index (χ3n) is 8.92. The van der Waals surface area contributed by atoms with E-state index in [-0.39, 0.29) is 5.39 Å². The molecule has 0 atom stereocenters. The first-order valence-electron chi connectivity index (χ1n) is 14.2. The van der Waals surface area contributed by atoms with Crippen molar-refractivity contribution in [2.45, 2.75) is 96.8 Å². The van der Waals surface area contributed by atoms with Gasteiger partial charge in [-0.05, 0) is 91.3 Å². The number of halogens is 2. The van der Waals surface area contributed by atoms with Gasteiger partial charge >= 0.3 is 0 Å². The lowest BCUT2D eigenvalue weighted by molar-refractivity contribution is 0.140. The number of unbranched alkanes of at least 4 members (excludes halogenated alkanes) is 2. The van der Waals surface area contributed by atoms with Crippen LogP contribution < -0.4 is 4.74 Å². The van der Waals surface area contributed by atoms with Crippen LogP contribution in [-0.4, -0.2) is 6.61 Å². The molecule has 0 amide bonds. The molecule has 35 heavy (non-hydrogen) atoms. The van der Waals surface area contributed by atoms with E-state index in [2.05, 4.69) is 13.5 Å². The highest BCUT2D eigenvalue weighted by atomic mass is 19.2. The van der Waals surface area contributed by atoms with E-state index in [0.29, 0.717) is 30.3 Å². The van der Waals surface area contributed by atoms with Crippen molar-refractivity contribution in [2.24, 2.45) is 23.7 Å². The summed E-state index contributed by atoms with van der Waals surface area (Å²) in [7, 11) is 0. The summed E-state index contributed by atoms with van der Waals surface area (Å²) >= 11 is 0. The number of hydrogen-bond donors (Lipinski definition) is 0. The van der Waals surface area contributed by atoms with Crippen molar-refractivity contribution in [3.05, 3.63) is 54.1 Å². The summed E-state index contributed by atoms with van der Waals surface area (Å²) in [5, 5.41) is 1.02. The van der Waals surface area contributed by atoms with Crippen molar-refractivity contribution in [2.75, 3.05) is 6.61 Å². The highest BCUT2D eigenvalue weighted by Gasteiger charge is 2.30. The molecule has 2 fully saturated rings. The summed E-state index contributed by atoms with van der Waals surface area (Å²) in [6, 6.07) is 7.05. The van der Waals surface area contributed by atoms with Crippen molar-refractivity contribution in [3.63, 3.8) is 0 Å². The molecular formula is C32H44F2O. The van der Waals surface area contributed by atoms with Gasteiger partial charge in [0, 0.05) is 5.39 Å². The van der Waals surface area contributed by atoms with Crippen molar-refractivity contribution < 1.29 is 13.5 Å². The monoisotopic (exact) mass is 482 g/mol. The maximum Gasteiger partial charge on any atom is 0.167 e. The average molecular weight is 483 g/mol. The second kappa shape index (κ2) is 12.9. The molecule has 0 bridgehead atoms. The number of rotatable bonds is 11. The highest BCUT2D eigenvalue weighted by Crippen LogP contribution is 2.43. The molecule has 2 aliphatic carbocycles. The third kappa shape index (κ3) is 6.86. The molecule has 0 spiro atoms. The van der Waals surface area contributed by atoms with Crippen molar-refractivity contribution >= 4 is 10.8 Å². The molecule has 2 aliphatic rings. The number of hydrogen-bond acceptors (Lipinski definition) is 1. The predicted octanol–water partition coefficient (Wildman–Crippen LogP) is 9.81. The Hall–Kier alpha value is -1.90. The quantitative estimate of drug-likeness (QED) is 0.229. The van der Waals surface area contributed by atoms with Crippen LogP contribution in [-0.2, 0) is 6.42 Å². The van der Waals surface area contributed by atoms with Gasteiger partial charge in [0.2, 0.25) is 0 Å². The molecule has 0 saturated heterocycles. The van der Waals surface area contributed by atoms with Crippen LogP contribution in [0.4, 0.5) is 8.78 Å². The number of benzene rings is 2. The molecule has 4 rings (SSSR count). The minimum absolute atomic E-state index is 0.286. The molecule has 3 heteroatoms. The normalized spacial score (nSPS) is 25.0. The summed E-state index contributed by atoms with van der Waals surface area (Å²) in [5.41, 5.74) is 0.512. The summed E-state index contributed by atoms with van der Waals surface area (Å²) in [5.74, 6) is 2.55. The van der Waals surface area contributed by atoms with Crippen LogP contribution in [0.5, 0.6) is 5.75 Å². The van der Waals surface area contributed by atoms with Crippen LogP contribution in [0.1, 0.15) is 96.0 Å². The van der Waals surface area contributed by atoms with Crippen LogP contribution in [0.2, 0.25) is 0 Å². The van der Waals surface area contributed by atoms with E-state index in [1.807, 2.05) is 18.2 Å². The molecule has 1 nitrogen and oxygen atoms in total. The summed E-state index contributed by atoms with van der Waals surface area (Å²) in [4.78, 5) is 0. The van der Waals surface area contributed by atoms with Gasteiger partial charge in [0.05, 0.1) is 0 Å². The number of ether oxygens (including phenoxy) is 1. The molecule has 0 radical (unpaired) electrons. The van der Waals surface area contributed by atoms with Crippen LogP contribution in [0.15, 0.2) is 36.9 Å². The van der Waals surface area contributed by atoms with E-state index < -0.39 is 11.6 Å². The molecule has 2 aromatic rings. The van der Waals surface area contributed by atoms with Crippen molar-refractivity contribution in [3.8, 4) is 5.75 Å². The number of aryl methyl sites for hydroxylation is 1. The predicted molar refractivity (Wildman–Crippen MR) is 143 cm³/mol. The van der Waals surface area contributed by atoms with Crippen LogP contribution in [0.3, 0.4) is 0 Å². The molecular weight excluding hydrogens is 438 g/mol. The smallest absolute Gasteiger partial charge is 0.167 e. The van der Waals surface area contributed by atoms with Gasteiger partial charge in [-0.2, -0.15) is 0 Å². The zero-order valence-corrected chi connectivity index (χ0v) is 21.7. The van der Waals surface area contributed by atoms with Gasteiger partial charge in [-0.1, -0.05) is 77.0 Å². The molecule has 0 aliphatic heterocycles. The van der Waals surface area contributed by atoms with Gasteiger partial charge in [-0.15, -0.1) is 0 Å². The fraction of sp³-hybridized carbons (Fsp3) is 0.625. The Morgan fingerprint density at radius 2 is 1.51 bits per heavy atom. The Balaban J connectivity index is 1.25. The number of fused-ring (bicyclic) bond motifs is 1. The fourth-order valence-corrected chi connectivity index (χ4v) is 6.73. The minimum atomic E-state index is -0.754. The second-order valence-corrected chi connectivity index (χ2v) is 11.2. The van der Waals surface area contributed by atoms with E-state index in [4.69, 9.17) is 4.74 Å². The van der Waals surface area contributed by atoms with Gasteiger partial charge in [0.1, 0.15) is 12.4 Å². The first kappa shape index (κ1) is 26.2. The van der Waals surface area contributed by atoms with Gasteiger partial charge in [-0.3, -0.25) is 0 Å². The first-order chi connectivity index (χ1) is 17.1. The molecule has 2 saturated carbocycles. The minimum Gasteiger partial charge on any atom is -0.490 e. The second-order valence-electron chi connectivity index (χ2n) is 11.2. The Morgan fingerprint density at radius 3 is 2.14 bits per heavy atom. The zero-order chi connectivity index (χ0) is 24.6. The Kier molecular flexibility index (Phi) is 9.63. The summed E-state index contributed by atoms with van der Waals surface area (Å²) in [6.07, 6.45) is 19.7. The molecule has 0 aromatic heterocycles. The van der Waals surface area contributed by atoms with Crippen molar-refractivity contribution in [1.82, 2.24) is 0 Å². The van der Waals surface area contributed by atoms with Gasteiger partial charge in [-0.25, -0.2) is 8.78 Å². The Bertz CT molecular complexity index is 952. The van der Waals surface area contributed by atoms with Gasteiger partial charge < -0.3 is 4.74 Å². The van der Waals surface area contributed by atoms with E-state index in [1.165, 1.54) is 77.0 Å². The SMILES string of the molecule is C=CCOc1ccc2cc(CCC3CCC(C4CCC(CCCCC)CC4)CC3)c(F)c(F)c2c1. The summed E-state index contributed by atoms with van der Waals surface area (Å²) < 4.78 is 35.2. The molecule has 0 heterocycles. The van der Waals surface area contributed by atoms with Crippen molar-refractivity contribution in [1.29, 1.82) is 0 Å². The lowest BCUT2D eigenvalue weighted by atomic mass is 9.68. The molecule has 0 unspecified atom stereocenters. The van der Waals surface area contributed by atoms with Crippen LogP contribution in [0, 0.1) is 35.3 Å². The summed E-state index contributed by atoms with van der Waals surface area (Å²) in [6.45, 7) is 6.26. The van der Waals surface area contributed by atoms with Crippen LogP contribution in [0.25, 0.3) is 10.8 Å². The lowest BCUT2D eigenvalue weighted by Gasteiger charge is -2.38. The van der Waals surface area contributed by atoms with Gasteiger partial charge in [0.15, 0.2) is 11.6 Å². The molecule has 0 N–H and O–H groups in total. The maximum atomic E-state index is 14.9. The molecule has 2 aromatic carbocycles. The fourth-order valence-electron chi connectivity index (χ4n) is 6.73. The Labute approximate surface area is 211 Å². The zero-order valence-electron chi connectivity index (χ0n) is 21.7. The maximum absolute atomic E-state index is 14.9. The third-order valence-corrected chi connectivity index (χ3v) is 8.92. The van der Waals surface area contributed by atoms with E-state index in [1.54, 1.807) is 12.1 Å². The largest absolute Gasteiger partial charge is 0.490 e. The lowest BCUT2D eigenvalue weighted by Crippen LogP contribution is -2.26. The highest BCUT2D eigenvalue weighted by molar-refractivity contribution is 5.85. The van der Waals surface area contributed by atoms with Gasteiger partial charge in [0.25, 0.3) is 0 Å². The van der Waals surface area contributed by atoms with Crippen LogP contribution >= 0.6 is 0 Å². The first-order valence-corrected chi connectivity index (χ1v) is 14.2. The standard InChI is InChI=1S/C32H44F2O/c1-3-5-6-7-23-8-13-25(14-9-23)26-15-10-24(11-16-26)12-17-28-21-27-18-19-29(35-20-4-2)22-30(27)32(34)31(28)33/h4,18-19,21-26H,2-3,5-17,20H2,1H3. The van der Waals surface area contributed by atoms with E-state index in [9.17, 15) is 8.78 Å². The topological polar surface area (TPSA) is 9.23 Å². The molecule has 192 valence electrons. The van der Waals surface area contributed by atoms with E-state index in [0.717, 1.165) is 29.6 Å². The Morgan fingerprint density at radius 1 is 0.857 bits per heavy atom. The average Bonchev–Trinajstić information content (AvgIpc) is 2.90.